The summed E-state index contributed by atoms with van der Waals surface area (Å²) >= 11 is 0. The highest BCUT2D eigenvalue weighted by atomic mass is 32.2. The van der Waals surface area contributed by atoms with Gasteiger partial charge in [0.15, 0.2) is 0 Å². The summed E-state index contributed by atoms with van der Waals surface area (Å²) < 4.78 is 29.2. The van der Waals surface area contributed by atoms with E-state index in [0.717, 1.165) is 16.8 Å². The molecule has 1 N–H and O–H groups in total. The van der Waals surface area contributed by atoms with Gasteiger partial charge in [0, 0.05) is 43.6 Å². The van der Waals surface area contributed by atoms with Crippen LogP contribution in [0.15, 0.2) is 58.4 Å². The monoisotopic (exact) mass is 488 g/mol. The van der Waals surface area contributed by atoms with Gasteiger partial charge in [0.1, 0.15) is 12.4 Å². The smallest absolute Gasteiger partial charge is 0.269 e. The van der Waals surface area contributed by atoms with E-state index < -0.39 is 33.0 Å². The molecule has 1 amide bonds. The number of nitrogens with zero attached hydrogens (tertiary/aromatic N) is 5. The third kappa shape index (κ3) is 5.21. The normalized spacial score (nSPS) is 11.5. The van der Waals surface area contributed by atoms with Crippen LogP contribution in [0.4, 0.5) is 11.5 Å². The number of nitro benzene ring substituents is 1. The van der Waals surface area contributed by atoms with Gasteiger partial charge >= 0.3 is 0 Å². The van der Waals surface area contributed by atoms with Crippen molar-refractivity contribution < 1.29 is 18.1 Å². The standard InChI is InChI=1S/C21H24N6O6S/c1-4-25(5-2)34(32,33)18-10-11-21(29)24(13-18)14-20(28)22-19-12-15(3)23-26(19)16-6-8-17(9-7-16)27(30)31/h6-13H,4-5,14H2,1-3H3,(H,22,28). The number of hydrogen-bond acceptors (Lipinski definition) is 7. The predicted molar refractivity (Wildman–Crippen MR) is 124 cm³/mol. The maximum absolute atomic E-state index is 12.8. The summed E-state index contributed by atoms with van der Waals surface area (Å²) in [5, 5.41) is 17.8. The van der Waals surface area contributed by atoms with Crippen LogP contribution in [0.5, 0.6) is 0 Å². The highest BCUT2D eigenvalue weighted by molar-refractivity contribution is 7.89. The molecule has 0 spiro atoms. The minimum absolute atomic E-state index is 0.0860. The number of rotatable bonds is 9. The minimum atomic E-state index is -3.80. The summed E-state index contributed by atoms with van der Waals surface area (Å²) in [6.07, 6.45) is 1.15. The number of anilines is 1. The molecule has 0 saturated heterocycles. The van der Waals surface area contributed by atoms with Crippen molar-refractivity contribution in [2.45, 2.75) is 32.2 Å². The molecule has 180 valence electrons. The summed E-state index contributed by atoms with van der Waals surface area (Å²) in [7, 11) is -3.80. The zero-order valence-corrected chi connectivity index (χ0v) is 19.7. The molecular weight excluding hydrogens is 464 g/mol. The number of non-ortho nitro benzene ring substituents is 1. The number of pyridine rings is 1. The zero-order chi connectivity index (χ0) is 25.0. The van der Waals surface area contributed by atoms with Gasteiger partial charge in [-0.2, -0.15) is 9.40 Å². The second kappa shape index (κ2) is 9.97. The molecule has 0 atom stereocenters. The van der Waals surface area contributed by atoms with E-state index in [0.29, 0.717) is 11.4 Å². The largest absolute Gasteiger partial charge is 0.309 e. The van der Waals surface area contributed by atoms with Crippen LogP contribution < -0.4 is 10.9 Å². The average Bonchev–Trinajstić information content (AvgIpc) is 3.15. The Bertz CT molecular complexity index is 1370. The van der Waals surface area contributed by atoms with E-state index in [4.69, 9.17) is 0 Å². The third-order valence-corrected chi connectivity index (χ3v) is 7.05. The first-order valence-electron chi connectivity index (χ1n) is 10.4. The van der Waals surface area contributed by atoms with Crippen LogP contribution in [-0.2, 0) is 21.4 Å². The quantitative estimate of drug-likeness (QED) is 0.357. The zero-order valence-electron chi connectivity index (χ0n) is 18.8. The van der Waals surface area contributed by atoms with Crippen molar-refractivity contribution in [2.75, 3.05) is 18.4 Å². The van der Waals surface area contributed by atoms with E-state index in [2.05, 4.69) is 10.4 Å². The molecule has 0 bridgehead atoms. The van der Waals surface area contributed by atoms with Crippen molar-refractivity contribution >= 4 is 27.4 Å². The topological polar surface area (TPSA) is 149 Å². The van der Waals surface area contributed by atoms with Gasteiger partial charge < -0.3 is 9.88 Å². The highest BCUT2D eigenvalue weighted by Gasteiger charge is 2.23. The molecule has 34 heavy (non-hydrogen) atoms. The molecule has 0 fully saturated rings. The van der Waals surface area contributed by atoms with Crippen LogP contribution in [0.25, 0.3) is 5.69 Å². The molecule has 0 saturated carbocycles. The first-order chi connectivity index (χ1) is 16.1. The van der Waals surface area contributed by atoms with Gasteiger partial charge in [-0.3, -0.25) is 19.7 Å². The van der Waals surface area contributed by atoms with E-state index in [1.54, 1.807) is 26.8 Å². The number of aryl methyl sites for hydroxylation is 1. The first kappa shape index (κ1) is 24.8. The van der Waals surface area contributed by atoms with Crippen LogP contribution in [0.2, 0.25) is 0 Å². The Kier molecular flexibility index (Phi) is 7.27. The van der Waals surface area contributed by atoms with Gasteiger partial charge in [-0.25, -0.2) is 13.1 Å². The Morgan fingerprint density at radius 3 is 2.38 bits per heavy atom. The van der Waals surface area contributed by atoms with Gasteiger partial charge in [0.25, 0.3) is 11.2 Å². The number of hydrogen-bond donors (Lipinski definition) is 1. The van der Waals surface area contributed by atoms with E-state index in [9.17, 15) is 28.1 Å². The Morgan fingerprint density at radius 2 is 1.79 bits per heavy atom. The van der Waals surface area contributed by atoms with E-state index in [1.165, 1.54) is 39.3 Å². The number of sulfonamides is 1. The Labute approximate surface area is 195 Å². The SMILES string of the molecule is CCN(CC)S(=O)(=O)c1ccc(=O)n(CC(=O)Nc2cc(C)nn2-c2ccc([N+](=O)[O-])cc2)c1. The number of nitrogens with one attached hydrogen (secondary N) is 1. The molecule has 3 aromatic rings. The van der Waals surface area contributed by atoms with Crippen LogP contribution in [0.3, 0.4) is 0 Å². The van der Waals surface area contributed by atoms with Crippen molar-refractivity contribution in [3.8, 4) is 5.69 Å². The Hall–Kier alpha value is -3.84. The van der Waals surface area contributed by atoms with Gasteiger partial charge in [-0.05, 0) is 25.1 Å². The van der Waals surface area contributed by atoms with Crippen molar-refractivity contribution in [2.24, 2.45) is 0 Å². The molecule has 0 aliphatic rings. The fourth-order valence-electron chi connectivity index (χ4n) is 3.34. The van der Waals surface area contributed by atoms with Crippen LogP contribution in [-0.4, -0.2) is 51.0 Å². The maximum Gasteiger partial charge on any atom is 0.269 e. The maximum atomic E-state index is 12.8. The molecule has 0 radical (unpaired) electrons. The van der Waals surface area contributed by atoms with Crippen LogP contribution in [0.1, 0.15) is 19.5 Å². The van der Waals surface area contributed by atoms with Gasteiger partial charge in [0.2, 0.25) is 15.9 Å². The number of benzene rings is 1. The molecular formula is C21H24N6O6S. The Morgan fingerprint density at radius 1 is 1.15 bits per heavy atom. The van der Waals surface area contributed by atoms with Crippen molar-refractivity contribution in [1.82, 2.24) is 18.7 Å². The number of carbonyl (C=O) groups excluding carboxylic acids is 1. The van der Waals surface area contributed by atoms with Gasteiger partial charge in [-0.1, -0.05) is 13.8 Å². The molecule has 0 aliphatic heterocycles. The van der Waals surface area contributed by atoms with Crippen molar-refractivity contribution in [3.63, 3.8) is 0 Å². The lowest BCUT2D eigenvalue weighted by Crippen LogP contribution is -2.33. The third-order valence-electron chi connectivity index (χ3n) is 5.02. The lowest BCUT2D eigenvalue weighted by Gasteiger charge is -2.19. The second-order valence-corrected chi connectivity index (χ2v) is 9.26. The molecule has 1 aromatic carbocycles. The van der Waals surface area contributed by atoms with E-state index in [1.807, 2.05) is 0 Å². The summed E-state index contributed by atoms with van der Waals surface area (Å²) in [6.45, 7) is 5.24. The number of amides is 1. The van der Waals surface area contributed by atoms with E-state index in [-0.39, 0.29) is 29.5 Å². The fraction of sp³-hybridized carbons (Fsp3) is 0.286. The molecule has 2 aromatic heterocycles. The number of nitro groups is 1. The number of carbonyl (C=O) groups is 1. The fourth-order valence-corrected chi connectivity index (χ4v) is 4.81. The highest BCUT2D eigenvalue weighted by Crippen LogP contribution is 2.20. The minimum Gasteiger partial charge on any atom is -0.309 e. The number of aromatic nitrogens is 3. The molecule has 0 unspecified atom stereocenters. The van der Waals surface area contributed by atoms with Gasteiger partial charge in [0.05, 0.1) is 21.2 Å². The second-order valence-electron chi connectivity index (χ2n) is 7.32. The lowest BCUT2D eigenvalue weighted by molar-refractivity contribution is -0.384. The average molecular weight is 489 g/mol. The predicted octanol–water partition coefficient (Wildman–Crippen LogP) is 1.92. The summed E-state index contributed by atoms with van der Waals surface area (Å²) in [5.74, 6) is -0.293. The van der Waals surface area contributed by atoms with Crippen molar-refractivity contribution in [3.05, 3.63) is 74.8 Å². The first-order valence-corrected chi connectivity index (χ1v) is 11.8. The molecule has 13 heteroatoms. The summed E-state index contributed by atoms with van der Waals surface area (Å²) in [5.41, 5.74) is 0.447. The summed E-state index contributed by atoms with van der Waals surface area (Å²) in [4.78, 5) is 35.3. The van der Waals surface area contributed by atoms with Crippen LogP contribution >= 0.6 is 0 Å². The Balaban J connectivity index is 1.85. The lowest BCUT2D eigenvalue weighted by atomic mass is 10.3. The van der Waals surface area contributed by atoms with E-state index >= 15 is 0 Å². The molecule has 0 aliphatic carbocycles. The van der Waals surface area contributed by atoms with Gasteiger partial charge in [-0.15, -0.1) is 0 Å². The summed E-state index contributed by atoms with van der Waals surface area (Å²) in [6, 6.07) is 9.55. The molecule has 2 heterocycles. The van der Waals surface area contributed by atoms with Crippen molar-refractivity contribution in [1.29, 1.82) is 0 Å². The molecule has 12 nitrogen and oxygen atoms in total. The van der Waals surface area contributed by atoms with Crippen LogP contribution in [0, 0.1) is 17.0 Å². The molecule has 3 rings (SSSR count).